The van der Waals surface area contributed by atoms with Gasteiger partial charge in [-0.05, 0) is 6.07 Å². The molecule has 1 aliphatic rings. The molecule has 0 unspecified atom stereocenters. The van der Waals surface area contributed by atoms with E-state index in [2.05, 4.69) is 5.32 Å². The highest BCUT2D eigenvalue weighted by Gasteiger charge is 2.30. The first kappa shape index (κ1) is 20.7. The van der Waals surface area contributed by atoms with E-state index in [0.717, 1.165) is 10.4 Å². The molecule has 0 aromatic heterocycles. The Bertz CT molecular complexity index is 833. The normalized spacial score (nSPS) is 15.6. The Morgan fingerprint density at radius 1 is 1.22 bits per heavy atom. The van der Waals surface area contributed by atoms with Crippen LogP contribution in [0.2, 0.25) is 0 Å². The Hall–Kier alpha value is -2.57. The maximum absolute atomic E-state index is 12.2. The molecule has 0 spiro atoms. The molecule has 1 saturated heterocycles. The molecule has 12 heteroatoms. The number of nitro groups is 1. The van der Waals surface area contributed by atoms with Gasteiger partial charge in [-0.2, -0.15) is 17.0 Å². The van der Waals surface area contributed by atoms with Crippen molar-refractivity contribution in [1.29, 1.82) is 0 Å². The summed E-state index contributed by atoms with van der Waals surface area (Å²) in [4.78, 5) is 35.9. The van der Waals surface area contributed by atoms with E-state index in [1.165, 1.54) is 41.5 Å². The van der Waals surface area contributed by atoms with Crippen LogP contribution >= 0.6 is 0 Å². The van der Waals surface area contributed by atoms with Gasteiger partial charge in [0, 0.05) is 58.0 Å². The smallest absolute Gasteiger partial charge is 0.281 e. The number of amides is 2. The Labute approximate surface area is 156 Å². The van der Waals surface area contributed by atoms with Crippen LogP contribution in [0.3, 0.4) is 0 Å². The number of nitrogens with one attached hydrogen (secondary N) is 1. The third-order valence-corrected chi connectivity index (χ3v) is 6.04. The first-order valence-corrected chi connectivity index (χ1v) is 9.50. The number of nitrogens with zero attached hydrogens (tertiary/aromatic N) is 4. The van der Waals surface area contributed by atoms with Crippen LogP contribution in [0, 0.1) is 10.1 Å². The van der Waals surface area contributed by atoms with Gasteiger partial charge < -0.3 is 10.2 Å². The van der Waals surface area contributed by atoms with Crippen molar-refractivity contribution < 1.29 is 22.9 Å². The molecule has 2 rings (SSSR count). The van der Waals surface area contributed by atoms with Gasteiger partial charge in [0.05, 0.1) is 11.5 Å². The van der Waals surface area contributed by atoms with Crippen molar-refractivity contribution in [2.24, 2.45) is 0 Å². The molecule has 0 radical (unpaired) electrons. The molecule has 11 nitrogen and oxygen atoms in total. The van der Waals surface area contributed by atoms with Crippen LogP contribution in [0.5, 0.6) is 0 Å². The van der Waals surface area contributed by atoms with Gasteiger partial charge in [0.15, 0.2) is 0 Å². The average Bonchev–Trinajstić information content (AvgIpc) is 2.65. The highest BCUT2D eigenvalue weighted by molar-refractivity contribution is 7.86. The van der Waals surface area contributed by atoms with Crippen LogP contribution in [0.4, 0.5) is 5.69 Å². The molecule has 1 aromatic carbocycles. The highest BCUT2D eigenvalue weighted by Crippen LogP contribution is 2.13. The van der Waals surface area contributed by atoms with E-state index < -0.39 is 21.0 Å². The first-order chi connectivity index (χ1) is 12.6. The molecular formula is C15H21N5O6S. The zero-order chi connectivity index (χ0) is 20.2. The van der Waals surface area contributed by atoms with Crippen LogP contribution in [-0.4, -0.2) is 85.5 Å². The second-order valence-electron chi connectivity index (χ2n) is 6.06. The highest BCUT2D eigenvalue weighted by atomic mass is 32.2. The van der Waals surface area contributed by atoms with Crippen molar-refractivity contribution >= 4 is 27.7 Å². The third kappa shape index (κ3) is 4.99. The fraction of sp³-hybridized carbons (Fsp3) is 0.467. The molecule has 2 amide bonds. The molecule has 0 aliphatic carbocycles. The molecule has 0 saturated carbocycles. The summed E-state index contributed by atoms with van der Waals surface area (Å²) >= 11 is 0. The summed E-state index contributed by atoms with van der Waals surface area (Å²) in [5.74, 6) is -0.948. The number of piperazine rings is 1. The molecule has 1 aromatic rings. The summed E-state index contributed by atoms with van der Waals surface area (Å²) in [6.07, 6.45) is 0. The van der Waals surface area contributed by atoms with Gasteiger partial charge in [0.2, 0.25) is 5.91 Å². The minimum Gasteiger partial charge on any atom is -0.343 e. The Balaban J connectivity index is 1.87. The third-order valence-electron chi connectivity index (χ3n) is 4.10. The van der Waals surface area contributed by atoms with Gasteiger partial charge in [-0.15, -0.1) is 0 Å². The topological polar surface area (TPSA) is 133 Å². The summed E-state index contributed by atoms with van der Waals surface area (Å²) in [6, 6.07) is 5.20. The first-order valence-electron chi connectivity index (χ1n) is 8.11. The summed E-state index contributed by atoms with van der Waals surface area (Å²) in [5.41, 5.74) is -0.133. The van der Waals surface area contributed by atoms with E-state index in [1.54, 1.807) is 0 Å². The van der Waals surface area contributed by atoms with Crippen LogP contribution in [0.1, 0.15) is 10.4 Å². The lowest BCUT2D eigenvalue weighted by Crippen LogP contribution is -2.54. The van der Waals surface area contributed by atoms with E-state index in [9.17, 15) is 28.1 Å². The van der Waals surface area contributed by atoms with Gasteiger partial charge in [0.1, 0.15) is 0 Å². The second kappa shape index (κ2) is 8.41. The second-order valence-corrected chi connectivity index (χ2v) is 8.20. The Kier molecular flexibility index (Phi) is 6.46. The predicted molar refractivity (Wildman–Crippen MR) is 96.2 cm³/mol. The molecule has 0 bridgehead atoms. The van der Waals surface area contributed by atoms with Crippen LogP contribution < -0.4 is 5.32 Å². The Morgan fingerprint density at radius 2 is 1.85 bits per heavy atom. The molecule has 1 heterocycles. The van der Waals surface area contributed by atoms with Crippen LogP contribution in [0.25, 0.3) is 0 Å². The Morgan fingerprint density at radius 3 is 2.41 bits per heavy atom. The number of carbonyl (C=O) groups is 2. The molecule has 1 fully saturated rings. The number of nitro benzene ring substituents is 1. The molecular weight excluding hydrogens is 378 g/mol. The summed E-state index contributed by atoms with van der Waals surface area (Å²) in [5, 5.41) is 13.2. The van der Waals surface area contributed by atoms with Crippen molar-refractivity contribution in [3.63, 3.8) is 0 Å². The number of carbonyl (C=O) groups excluding carboxylic acids is 2. The number of rotatable bonds is 6. The zero-order valence-corrected chi connectivity index (χ0v) is 15.8. The molecule has 1 N–H and O–H groups in total. The lowest BCUT2D eigenvalue weighted by Gasteiger charge is -2.35. The number of benzene rings is 1. The molecule has 1 aliphatic heterocycles. The van der Waals surface area contributed by atoms with Crippen molar-refractivity contribution in [3.8, 4) is 0 Å². The summed E-state index contributed by atoms with van der Waals surface area (Å²) in [6.45, 7) is 0.509. The van der Waals surface area contributed by atoms with E-state index in [4.69, 9.17) is 0 Å². The van der Waals surface area contributed by atoms with Crippen molar-refractivity contribution in [2.45, 2.75) is 0 Å². The van der Waals surface area contributed by atoms with Gasteiger partial charge >= 0.3 is 0 Å². The lowest BCUT2D eigenvalue weighted by molar-refractivity contribution is -0.384. The number of hydrogen-bond acceptors (Lipinski definition) is 6. The predicted octanol–water partition coefficient (Wildman–Crippen LogP) is -0.725. The van der Waals surface area contributed by atoms with Crippen molar-refractivity contribution in [3.05, 3.63) is 39.9 Å². The van der Waals surface area contributed by atoms with E-state index in [1.807, 2.05) is 0 Å². The van der Waals surface area contributed by atoms with Gasteiger partial charge in [0.25, 0.3) is 21.8 Å². The SMILES string of the molecule is CN(C)S(=O)(=O)N1CCN(C(=O)CNC(=O)c2cccc([N+](=O)[O-])c2)CC1. The fourth-order valence-electron chi connectivity index (χ4n) is 2.53. The van der Waals surface area contributed by atoms with E-state index in [-0.39, 0.29) is 49.9 Å². The van der Waals surface area contributed by atoms with Crippen LogP contribution in [-0.2, 0) is 15.0 Å². The van der Waals surface area contributed by atoms with Crippen molar-refractivity contribution in [2.75, 3.05) is 46.8 Å². The van der Waals surface area contributed by atoms with Crippen LogP contribution in [0.15, 0.2) is 24.3 Å². The average molecular weight is 399 g/mol. The van der Waals surface area contributed by atoms with Crippen molar-refractivity contribution in [1.82, 2.24) is 18.8 Å². The van der Waals surface area contributed by atoms with E-state index >= 15 is 0 Å². The van der Waals surface area contributed by atoms with Gasteiger partial charge in [-0.25, -0.2) is 0 Å². The molecule has 27 heavy (non-hydrogen) atoms. The monoisotopic (exact) mass is 399 g/mol. The number of non-ortho nitro benzene ring substituents is 1. The fourth-order valence-corrected chi connectivity index (χ4v) is 3.62. The van der Waals surface area contributed by atoms with Gasteiger partial charge in [-0.1, -0.05) is 6.07 Å². The largest absolute Gasteiger partial charge is 0.343 e. The molecule has 148 valence electrons. The standard InChI is InChI=1S/C15H21N5O6S/c1-17(2)27(25,26)19-8-6-18(7-9-19)14(21)11-16-15(22)12-4-3-5-13(10-12)20(23)24/h3-5,10H,6-9,11H2,1-2H3,(H,16,22). The lowest BCUT2D eigenvalue weighted by atomic mass is 10.2. The minimum absolute atomic E-state index is 0.0823. The summed E-state index contributed by atoms with van der Waals surface area (Å²) < 4.78 is 26.5. The van der Waals surface area contributed by atoms with E-state index in [0.29, 0.717) is 0 Å². The summed E-state index contributed by atoms with van der Waals surface area (Å²) in [7, 11) is -0.636. The molecule has 0 atom stereocenters. The van der Waals surface area contributed by atoms with Gasteiger partial charge in [-0.3, -0.25) is 19.7 Å². The maximum Gasteiger partial charge on any atom is 0.281 e. The number of hydrogen-bond donors (Lipinski definition) is 1. The maximum atomic E-state index is 12.2. The quantitative estimate of drug-likeness (QED) is 0.495. The minimum atomic E-state index is -3.52. The zero-order valence-electron chi connectivity index (χ0n) is 15.0.